The van der Waals surface area contributed by atoms with Crippen molar-refractivity contribution in [2.24, 2.45) is 4.99 Å². The van der Waals surface area contributed by atoms with Crippen LogP contribution in [0, 0.1) is 5.82 Å². The summed E-state index contributed by atoms with van der Waals surface area (Å²) in [5, 5.41) is 0. The van der Waals surface area contributed by atoms with E-state index in [1.807, 2.05) is 18.0 Å². The van der Waals surface area contributed by atoms with Gasteiger partial charge in [0.25, 0.3) is 0 Å². The number of imidazole rings is 1. The third-order valence-electron chi connectivity index (χ3n) is 4.74. The molecule has 1 aliphatic rings. The maximum absolute atomic E-state index is 13.6. The fourth-order valence-corrected chi connectivity index (χ4v) is 3.53. The van der Waals surface area contributed by atoms with Crippen LogP contribution >= 0.6 is 0 Å². The summed E-state index contributed by atoms with van der Waals surface area (Å²) in [7, 11) is 5.86. The largest absolute Gasteiger partial charge is 0.352 e. The molecule has 0 N–H and O–H groups in total. The van der Waals surface area contributed by atoms with Crippen molar-refractivity contribution in [2.45, 2.75) is 33.0 Å². The third-order valence-corrected chi connectivity index (χ3v) is 4.74. The van der Waals surface area contributed by atoms with Crippen molar-refractivity contribution >= 4 is 5.84 Å². The van der Waals surface area contributed by atoms with Gasteiger partial charge in [0.1, 0.15) is 17.5 Å². The van der Waals surface area contributed by atoms with Crippen LogP contribution in [0.1, 0.15) is 29.7 Å². The minimum Gasteiger partial charge on any atom is -0.352 e. The molecule has 0 spiro atoms. The van der Waals surface area contributed by atoms with Crippen LogP contribution < -0.4 is 0 Å². The van der Waals surface area contributed by atoms with Crippen LogP contribution in [0.3, 0.4) is 0 Å². The van der Waals surface area contributed by atoms with Crippen molar-refractivity contribution in [1.29, 1.82) is 0 Å². The molecule has 1 aromatic carbocycles. The fraction of sp³-hybridized carbons (Fsp3) is 0.474. The quantitative estimate of drug-likeness (QED) is 0.632. The number of amidine groups is 1. The number of nitrogens with zero attached hydrogens (tertiary/aromatic N) is 5. The van der Waals surface area contributed by atoms with Gasteiger partial charge in [0, 0.05) is 45.7 Å². The highest BCUT2D eigenvalue weighted by atomic mass is 19.1. The van der Waals surface area contributed by atoms with Gasteiger partial charge in [-0.1, -0.05) is 12.1 Å². The van der Waals surface area contributed by atoms with E-state index in [1.54, 1.807) is 13.1 Å². The van der Waals surface area contributed by atoms with E-state index in [1.165, 1.54) is 23.5 Å². The van der Waals surface area contributed by atoms with Gasteiger partial charge in [0.15, 0.2) is 0 Å². The Morgan fingerprint density at radius 3 is 2.88 bits per heavy atom. The van der Waals surface area contributed by atoms with E-state index in [4.69, 9.17) is 4.98 Å². The molecule has 25 heavy (non-hydrogen) atoms. The van der Waals surface area contributed by atoms with E-state index < -0.39 is 0 Å². The van der Waals surface area contributed by atoms with Gasteiger partial charge in [-0.25, -0.2) is 9.37 Å². The molecule has 1 aliphatic heterocycles. The molecular formula is C19H26FN5. The summed E-state index contributed by atoms with van der Waals surface area (Å²) in [5.41, 5.74) is 3.31. The SMILES string of the molecule is CCn1c(CN(C)C(=NC)c2cccc(F)c2)nc2c1CN(C)CC2. The molecule has 0 aliphatic carbocycles. The minimum atomic E-state index is -0.249. The first-order valence-corrected chi connectivity index (χ1v) is 8.73. The van der Waals surface area contributed by atoms with Crippen molar-refractivity contribution < 1.29 is 4.39 Å². The zero-order valence-electron chi connectivity index (χ0n) is 15.5. The number of halogens is 1. The van der Waals surface area contributed by atoms with Crippen molar-refractivity contribution in [3.63, 3.8) is 0 Å². The van der Waals surface area contributed by atoms with Crippen LogP contribution in [-0.4, -0.2) is 52.9 Å². The molecule has 134 valence electrons. The lowest BCUT2D eigenvalue weighted by Crippen LogP contribution is -2.29. The summed E-state index contributed by atoms with van der Waals surface area (Å²) >= 11 is 0. The highest BCUT2D eigenvalue weighted by Crippen LogP contribution is 2.21. The second-order valence-electron chi connectivity index (χ2n) is 6.57. The smallest absolute Gasteiger partial charge is 0.130 e. The first-order chi connectivity index (χ1) is 12.0. The Balaban J connectivity index is 1.86. The summed E-state index contributed by atoms with van der Waals surface area (Å²) in [6.45, 7) is 5.69. The lowest BCUT2D eigenvalue weighted by Gasteiger charge is -2.24. The van der Waals surface area contributed by atoms with Gasteiger partial charge >= 0.3 is 0 Å². The van der Waals surface area contributed by atoms with E-state index in [-0.39, 0.29) is 5.82 Å². The molecule has 0 fully saturated rings. The average molecular weight is 343 g/mol. The maximum Gasteiger partial charge on any atom is 0.130 e. The van der Waals surface area contributed by atoms with E-state index in [9.17, 15) is 4.39 Å². The number of aliphatic imine (C=N–C) groups is 1. The minimum absolute atomic E-state index is 0.249. The Morgan fingerprint density at radius 1 is 1.40 bits per heavy atom. The van der Waals surface area contributed by atoms with Gasteiger partial charge in [-0.3, -0.25) is 4.99 Å². The number of likely N-dealkylation sites (N-methyl/N-ethyl adjacent to an activating group) is 1. The fourth-order valence-electron chi connectivity index (χ4n) is 3.53. The zero-order chi connectivity index (χ0) is 18.0. The summed E-state index contributed by atoms with van der Waals surface area (Å²) in [5.74, 6) is 1.56. The highest BCUT2D eigenvalue weighted by molar-refractivity contribution is 5.98. The van der Waals surface area contributed by atoms with Gasteiger partial charge in [0.05, 0.1) is 17.9 Å². The van der Waals surface area contributed by atoms with Gasteiger partial charge in [-0.15, -0.1) is 0 Å². The van der Waals surface area contributed by atoms with Gasteiger partial charge in [-0.2, -0.15) is 0 Å². The lowest BCUT2D eigenvalue weighted by atomic mass is 10.1. The normalized spacial score (nSPS) is 15.3. The van der Waals surface area contributed by atoms with Gasteiger partial charge in [0.2, 0.25) is 0 Å². The first-order valence-electron chi connectivity index (χ1n) is 8.73. The number of hydrogen-bond acceptors (Lipinski definition) is 3. The summed E-state index contributed by atoms with van der Waals surface area (Å²) in [4.78, 5) is 13.6. The molecule has 6 heteroatoms. The standard InChI is InChI=1S/C19H26FN5/c1-5-25-17-12-23(3)10-9-16(17)22-18(25)13-24(4)19(21-2)14-7-6-8-15(20)11-14/h6-8,11H,5,9-10,12-13H2,1-4H3. The number of rotatable bonds is 4. The predicted molar refractivity (Wildman–Crippen MR) is 98.3 cm³/mol. The molecule has 3 rings (SSSR count). The second-order valence-corrected chi connectivity index (χ2v) is 6.57. The molecule has 0 saturated carbocycles. The molecule has 1 aromatic heterocycles. The molecule has 0 radical (unpaired) electrons. The molecule has 2 heterocycles. The van der Waals surface area contributed by atoms with Crippen LogP contribution in [0.4, 0.5) is 4.39 Å². The maximum atomic E-state index is 13.6. The van der Waals surface area contributed by atoms with Crippen LogP contribution in [0.15, 0.2) is 29.3 Å². The van der Waals surface area contributed by atoms with Crippen molar-refractivity contribution in [2.75, 3.05) is 27.7 Å². The average Bonchev–Trinajstić information content (AvgIpc) is 2.91. The van der Waals surface area contributed by atoms with Crippen LogP contribution in [0.5, 0.6) is 0 Å². The Hall–Kier alpha value is -2.21. The van der Waals surface area contributed by atoms with Gasteiger partial charge < -0.3 is 14.4 Å². The Morgan fingerprint density at radius 2 is 2.20 bits per heavy atom. The topological polar surface area (TPSA) is 36.7 Å². The monoisotopic (exact) mass is 343 g/mol. The molecule has 0 amide bonds. The van der Waals surface area contributed by atoms with Crippen molar-refractivity contribution in [3.8, 4) is 0 Å². The molecule has 5 nitrogen and oxygen atoms in total. The summed E-state index contributed by atoms with van der Waals surface area (Å²) in [6.07, 6.45) is 0.994. The number of aromatic nitrogens is 2. The van der Waals surface area contributed by atoms with E-state index in [2.05, 4.69) is 28.4 Å². The molecule has 0 saturated heterocycles. The van der Waals surface area contributed by atoms with E-state index in [0.717, 1.165) is 43.3 Å². The second kappa shape index (κ2) is 7.35. The third kappa shape index (κ3) is 3.58. The molecule has 0 atom stereocenters. The lowest BCUT2D eigenvalue weighted by molar-refractivity contribution is 0.300. The Labute approximate surface area is 148 Å². The Kier molecular flexibility index (Phi) is 5.18. The van der Waals surface area contributed by atoms with Gasteiger partial charge in [-0.05, 0) is 26.1 Å². The number of benzene rings is 1. The number of fused-ring (bicyclic) bond motifs is 1. The van der Waals surface area contributed by atoms with Crippen molar-refractivity contribution in [1.82, 2.24) is 19.4 Å². The van der Waals surface area contributed by atoms with Crippen LogP contribution in [0.2, 0.25) is 0 Å². The zero-order valence-corrected chi connectivity index (χ0v) is 15.5. The highest BCUT2D eigenvalue weighted by Gasteiger charge is 2.23. The van der Waals surface area contributed by atoms with E-state index >= 15 is 0 Å². The van der Waals surface area contributed by atoms with Crippen LogP contribution in [0.25, 0.3) is 0 Å². The molecular weight excluding hydrogens is 317 g/mol. The Bertz CT molecular complexity index is 780. The first kappa shape index (κ1) is 17.6. The van der Waals surface area contributed by atoms with E-state index in [0.29, 0.717) is 6.54 Å². The molecule has 0 bridgehead atoms. The number of hydrogen-bond donors (Lipinski definition) is 0. The predicted octanol–water partition coefficient (Wildman–Crippen LogP) is 2.54. The van der Waals surface area contributed by atoms with Crippen LogP contribution in [-0.2, 0) is 26.1 Å². The van der Waals surface area contributed by atoms with Crippen molar-refractivity contribution in [3.05, 3.63) is 52.9 Å². The molecule has 2 aromatic rings. The molecule has 0 unspecified atom stereocenters. The summed E-state index contributed by atoms with van der Waals surface area (Å²) < 4.78 is 15.9. The summed E-state index contributed by atoms with van der Waals surface area (Å²) in [6, 6.07) is 6.57.